The zero-order valence-corrected chi connectivity index (χ0v) is 17.4. The van der Waals surface area contributed by atoms with Crippen molar-refractivity contribution in [2.45, 2.75) is 13.5 Å². The summed E-state index contributed by atoms with van der Waals surface area (Å²) < 4.78 is 13.5. The quantitative estimate of drug-likeness (QED) is 0.401. The molecule has 154 valence electrons. The van der Waals surface area contributed by atoms with Gasteiger partial charge in [0, 0.05) is 24.1 Å². The van der Waals surface area contributed by atoms with Gasteiger partial charge in [0.1, 0.15) is 23.8 Å². The van der Waals surface area contributed by atoms with E-state index in [4.69, 9.17) is 9.15 Å². The van der Waals surface area contributed by atoms with Gasteiger partial charge in [0.2, 0.25) is 5.89 Å². The Hall–Kier alpha value is -3.91. The molecule has 0 radical (unpaired) electrons. The van der Waals surface area contributed by atoms with Gasteiger partial charge in [-0.1, -0.05) is 18.2 Å². The van der Waals surface area contributed by atoms with Crippen LogP contribution in [0.3, 0.4) is 0 Å². The van der Waals surface area contributed by atoms with Gasteiger partial charge in [-0.2, -0.15) is 0 Å². The molecule has 0 saturated heterocycles. The SMILES string of the molecule is Cc1oc(-c2cccs2)nc1C(=O)Nc1cccc(OCc2cn3ccccc3n2)c1. The number of carbonyl (C=O) groups is 1. The summed E-state index contributed by atoms with van der Waals surface area (Å²) in [6.07, 6.45) is 3.87. The number of amides is 1. The standard InChI is InChI=1S/C23H18N4O3S/c1-15-21(26-23(30-15)19-8-5-11-31-19)22(28)25-16-6-4-7-18(12-16)29-14-17-13-27-10-3-2-9-20(27)24-17/h2-13H,14H2,1H3,(H,25,28). The minimum Gasteiger partial charge on any atom is -0.487 e. The van der Waals surface area contributed by atoms with Crippen LogP contribution in [-0.4, -0.2) is 20.3 Å². The summed E-state index contributed by atoms with van der Waals surface area (Å²) in [6, 6.07) is 16.9. The molecule has 4 aromatic heterocycles. The van der Waals surface area contributed by atoms with Crippen LogP contribution in [0.15, 0.2) is 76.8 Å². The highest BCUT2D eigenvalue weighted by Gasteiger charge is 2.19. The number of rotatable bonds is 6. The number of thiophene rings is 1. The minimum atomic E-state index is -0.332. The van der Waals surface area contributed by atoms with E-state index in [1.54, 1.807) is 19.1 Å². The van der Waals surface area contributed by atoms with Crippen molar-refractivity contribution in [1.82, 2.24) is 14.4 Å². The number of carbonyl (C=O) groups excluding carboxylic acids is 1. The third-order valence-electron chi connectivity index (χ3n) is 4.64. The highest BCUT2D eigenvalue weighted by atomic mass is 32.1. The fraction of sp³-hybridized carbons (Fsp3) is 0.0870. The van der Waals surface area contributed by atoms with Crippen LogP contribution >= 0.6 is 11.3 Å². The van der Waals surface area contributed by atoms with Crippen molar-refractivity contribution in [3.05, 3.63) is 89.5 Å². The number of nitrogens with zero attached hydrogens (tertiary/aromatic N) is 3. The van der Waals surface area contributed by atoms with Crippen LogP contribution in [0.1, 0.15) is 21.9 Å². The maximum absolute atomic E-state index is 12.7. The fourth-order valence-electron chi connectivity index (χ4n) is 3.18. The van der Waals surface area contributed by atoms with E-state index < -0.39 is 0 Å². The number of imidazole rings is 1. The predicted molar refractivity (Wildman–Crippen MR) is 118 cm³/mol. The van der Waals surface area contributed by atoms with Crippen molar-refractivity contribution >= 4 is 28.6 Å². The summed E-state index contributed by atoms with van der Waals surface area (Å²) in [6.45, 7) is 2.05. The molecule has 0 aliphatic rings. The zero-order chi connectivity index (χ0) is 21.2. The Balaban J connectivity index is 1.27. The topological polar surface area (TPSA) is 81.7 Å². The Kier molecular flexibility index (Phi) is 4.97. The number of pyridine rings is 1. The zero-order valence-electron chi connectivity index (χ0n) is 16.6. The summed E-state index contributed by atoms with van der Waals surface area (Å²) in [5, 5.41) is 4.80. The van der Waals surface area contributed by atoms with Crippen LogP contribution in [0, 0.1) is 6.92 Å². The summed E-state index contributed by atoms with van der Waals surface area (Å²) >= 11 is 1.51. The Morgan fingerprint density at radius 3 is 2.94 bits per heavy atom. The van der Waals surface area contributed by atoms with Gasteiger partial charge in [-0.15, -0.1) is 11.3 Å². The normalized spacial score (nSPS) is 11.0. The van der Waals surface area contributed by atoms with Crippen molar-refractivity contribution in [3.63, 3.8) is 0 Å². The first-order chi connectivity index (χ1) is 15.2. The van der Waals surface area contributed by atoms with Crippen molar-refractivity contribution < 1.29 is 13.9 Å². The van der Waals surface area contributed by atoms with Gasteiger partial charge in [-0.3, -0.25) is 4.79 Å². The van der Waals surface area contributed by atoms with Gasteiger partial charge < -0.3 is 18.9 Å². The lowest BCUT2D eigenvalue weighted by atomic mass is 10.2. The molecule has 1 aromatic carbocycles. The molecule has 0 aliphatic heterocycles. The average molecular weight is 430 g/mol. The highest BCUT2D eigenvalue weighted by molar-refractivity contribution is 7.13. The molecular formula is C23H18N4O3S. The van der Waals surface area contributed by atoms with Crippen molar-refractivity contribution in [2.24, 2.45) is 0 Å². The van der Waals surface area contributed by atoms with E-state index in [2.05, 4.69) is 15.3 Å². The molecule has 0 saturated carbocycles. The third kappa shape index (κ3) is 4.06. The van der Waals surface area contributed by atoms with Gasteiger partial charge in [-0.05, 0) is 42.6 Å². The predicted octanol–water partition coefficient (Wildman–Crippen LogP) is 5.19. The van der Waals surface area contributed by atoms with Crippen molar-refractivity contribution in [2.75, 3.05) is 5.32 Å². The first kappa shape index (κ1) is 19.1. The molecule has 0 unspecified atom stereocenters. The monoisotopic (exact) mass is 430 g/mol. The molecule has 31 heavy (non-hydrogen) atoms. The number of fused-ring (bicyclic) bond motifs is 1. The molecular weight excluding hydrogens is 412 g/mol. The molecule has 0 bridgehead atoms. The lowest BCUT2D eigenvalue weighted by Gasteiger charge is -2.08. The number of oxazole rings is 1. The fourth-order valence-corrected chi connectivity index (χ4v) is 3.83. The van der Waals surface area contributed by atoms with E-state index in [1.807, 2.05) is 64.6 Å². The Morgan fingerprint density at radius 1 is 1.16 bits per heavy atom. The molecule has 0 aliphatic carbocycles. The Morgan fingerprint density at radius 2 is 2.10 bits per heavy atom. The van der Waals surface area contributed by atoms with Crippen LogP contribution in [0.2, 0.25) is 0 Å². The van der Waals surface area contributed by atoms with Crippen LogP contribution in [0.4, 0.5) is 5.69 Å². The second-order valence-electron chi connectivity index (χ2n) is 6.87. The van der Waals surface area contributed by atoms with E-state index in [1.165, 1.54) is 11.3 Å². The minimum absolute atomic E-state index is 0.263. The maximum Gasteiger partial charge on any atom is 0.277 e. The molecule has 1 amide bonds. The lowest BCUT2D eigenvalue weighted by molar-refractivity contribution is 0.102. The number of anilines is 1. The molecule has 1 N–H and O–H groups in total. The highest BCUT2D eigenvalue weighted by Crippen LogP contribution is 2.26. The van der Waals surface area contributed by atoms with Gasteiger partial charge in [0.05, 0.1) is 10.6 Å². The van der Waals surface area contributed by atoms with Crippen molar-refractivity contribution in [1.29, 1.82) is 0 Å². The summed E-state index contributed by atoms with van der Waals surface area (Å²) in [7, 11) is 0. The van der Waals surface area contributed by atoms with Crippen LogP contribution < -0.4 is 10.1 Å². The largest absolute Gasteiger partial charge is 0.487 e. The smallest absolute Gasteiger partial charge is 0.277 e. The molecule has 5 aromatic rings. The van der Waals surface area contributed by atoms with Gasteiger partial charge in [-0.25, -0.2) is 9.97 Å². The van der Waals surface area contributed by atoms with E-state index in [0.29, 0.717) is 29.7 Å². The van der Waals surface area contributed by atoms with Crippen LogP contribution in [0.25, 0.3) is 16.4 Å². The number of aryl methyl sites for hydroxylation is 1. The van der Waals surface area contributed by atoms with Gasteiger partial charge in [0.15, 0.2) is 5.69 Å². The summed E-state index contributed by atoms with van der Waals surface area (Å²) in [4.78, 5) is 22.5. The maximum atomic E-state index is 12.7. The molecule has 0 atom stereocenters. The molecule has 5 rings (SSSR count). The van der Waals surface area contributed by atoms with Crippen LogP contribution in [-0.2, 0) is 6.61 Å². The van der Waals surface area contributed by atoms with Gasteiger partial charge in [0.25, 0.3) is 5.91 Å². The first-order valence-corrected chi connectivity index (χ1v) is 10.5. The van der Waals surface area contributed by atoms with Crippen LogP contribution in [0.5, 0.6) is 5.75 Å². The number of aromatic nitrogens is 3. The lowest BCUT2D eigenvalue weighted by Crippen LogP contribution is -2.13. The number of ether oxygens (including phenoxy) is 1. The number of nitrogens with one attached hydrogen (secondary N) is 1. The molecule has 0 spiro atoms. The first-order valence-electron chi connectivity index (χ1n) is 9.64. The van der Waals surface area contributed by atoms with E-state index in [9.17, 15) is 4.79 Å². The second-order valence-corrected chi connectivity index (χ2v) is 7.82. The molecule has 7 nitrogen and oxygen atoms in total. The Labute approximate surface area is 182 Å². The number of benzene rings is 1. The van der Waals surface area contributed by atoms with E-state index >= 15 is 0 Å². The van der Waals surface area contributed by atoms with Crippen molar-refractivity contribution in [3.8, 4) is 16.5 Å². The Bertz CT molecular complexity index is 1320. The average Bonchev–Trinajstić information content (AvgIpc) is 3.51. The van der Waals surface area contributed by atoms with Gasteiger partial charge >= 0.3 is 0 Å². The summed E-state index contributed by atoms with van der Waals surface area (Å²) in [5.74, 6) is 1.22. The number of hydrogen-bond donors (Lipinski definition) is 1. The number of hydrogen-bond acceptors (Lipinski definition) is 6. The molecule has 0 fully saturated rings. The second kappa shape index (κ2) is 8.08. The molecule has 8 heteroatoms. The van der Waals surface area contributed by atoms with E-state index in [-0.39, 0.29) is 11.6 Å². The molecule has 4 heterocycles. The van der Waals surface area contributed by atoms with E-state index in [0.717, 1.165) is 16.2 Å². The third-order valence-corrected chi connectivity index (χ3v) is 5.49. The summed E-state index contributed by atoms with van der Waals surface area (Å²) in [5.41, 5.74) is 2.56.